The zero-order valence-corrected chi connectivity index (χ0v) is 12.4. The predicted molar refractivity (Wildman–Crippen MR) is 75.2 cm³/mol. The quantitative estimate of drug-likeness (QED) is 0.816. The van der Waals surface area contributed by atoms with E-state index < -0.39 is 6.04 Å². The molecule has 0 bridgehead atoms. The third-order valence-corrected chi connectivity index (χ3v) is 3.03. The van der Waals surface area contributed by atoms with E-state index in [1.54, 1.807) is 7.11 Å². The number of anilines is 1. The second-order valence-corrected chi connectivity index (χ2v) is 4.96. The van der Waals surface area contributed by atoms with Gasteiger partial charge in [-0.05, 0) is 34.1 Å². The van der Waals surface area contributed by atoms with Crippen LogP contribution in [0.3, 0.4) is 0 Å². The van der Waals surface area contributed by atoms with Crippen LogP contribution in [0.25, 0.3) is 0 Å². The standard InChI is InChI=1S/C13H24N4O2/c1-8(2)17-10(4)12(9(3)16-17)15-13(18)11(14)6-7-19-5/h8,11H,6-7,14H2,1-5H3,(H,15,18). The molecule has 1 rings (SSSR count). The lowest BCUT2D eigenvalue weighted by Crippen LogP contribution is -2.36. The summed E-state index contributed by atoms with van der Waals surface area (Å²) in [4.78, 5) is 12.0. The van der Waals surface area contributed by atoms with Crippen LogP contribution in [0.1, 0.15) is 37.7 Å². The Morgan fingerprint density at radius 2 is 2.11 bits per heavy atom. The van der Waals surface area contributed by atoms with Gasteiger partial charge >= 0.3 is 0 Å². The third-order valence-electron chi connectivity index (χ3n) is 3.03. The van der Waals surface area contributed by atoms with Gasteiger partial charge in [-0.1, -0.05) is 0 Å². The molecule has 0 saturated heterocycles. The summed E-state index contributed by atoms with van der Waals surface area (Å²) in [5.41, 5.74) is 8.30. The van der Waals surface area contributed by atoms with Gasteiger partial charge in [0.25, 0.3) is 0 Å². The van der Waals surface area contributed by atoms with E-state index in [1.165, 1.54) is 0 Å². The molecule has 6 nitrogen and oxygen atoms in total. The van der Waals surface area contributed by atoms with Crippen LogP contribution in [-0.2, 0) is 9.53 Å². The fraction of sp³-hybridized carbons (Fsp3) is 0.692. The lowest BCUT2D eigenvalue weighted by molar-refractivity contribution is -0.117. The number of aromatic nitrogens is 2. The summed E-state index contributed by atoms with van der Waals surface area (Å²) in [7, 11) is 1.59. The molecule has 3 N–H and O–H groups in total. The Morgan fingerprint density at radius 1 is 1.47 bits per heavy atom. The van der Waals surface area contributed by atoms with Crippen LogP contribution >= 0.6 is 0 Å². The van der Waals surface area contributed by atoms with Crippen molar-refractivity contribution >= 4 is 11.6 Å². The van der Waals surface area contributed by atoms with E-state index in [9.17, 15) is 4.79 Å². The van der Waals surface area contributed by atoms with Crippen LogP contribution in [0.5, 0.6) is 0 Å². The van der Waals surface area contributed by atoms with E-state index in [-0.39, 0.29) is 11.9 Å². The Hall–Kier alpha value is -1.40. The van der Waals surface area contributed by atoms with Gasteiger partial charge < -0.3 is 15.8 Å². The smallest absolute Gasteiger partial charge is 0.241 e. The van der Waals surface area contributed by atoms with E-state index in [0.29, 0.717) is 13.0 Å². The van der Waals surface area contributed by atoms with Gasteiger partial charge in [0, 0.05) is 19.8 Å². The highest BCUT2D eigenvalue weighted by Gasteiger charge is 2.19. The van der Waals surface area contributed by atoms with E-state index in [4.69, 9.17) is 10.5 Å². The third kappa shape index (κ3) is 3.78. The van der Waals surface area contributed by atoms with Crippen LogP contribution in [0, 0.1) is 13.8 Å². The molecular weight excluding hydrogens is 244 g/mol. The van der Waals surface area contributed by atoms with Gasteiger partial charge in [0.1, 0.15) is 0 Å². The Bertz CT molecular complexity index is 440. The van der Waals surface area contributed by atoms with Crippen LogP contribution in [0.15, 0.2) is 0 Å². The van der Waals surface area contributed by atoms with Crippen molar-refractivity contribution in [2.45, 2.75) is 46.2 Å². The Morgan fingerprint density at radius 3 is 2.58 bits per heavy atom. The van der Waals surface area contributed by atoms with Crippen molar-refractivity contribution in [2.75, 3.05) is 19.0 Å². The zero-order valence-electron chi connectivity index (χ0n) is 12.4. The second kappa shape index (κ2) is 6.68. The molecule has 0 saturated carbocycles. The molecule has 1 amide bonds. The fourth-order valence-corrected chi connectivity index (χ4v) is 1.94. The minimum Gasteiger partial charge on any atom is -0.385 e. The van der Waals surface area contributed by atoms with E-state index in [0.717, 1.165) is 17.1 Å². The number of hydrogen-bond donors (Lipinski definition) is 2. The first-order valence-corrected chi connectivity index (χ1v) is 6.49. The van der Waals surface area contributed by atoms with Gasteiger partial charge in [-0.15, -0.1) is 0 Å². The van der Waals surface area contributed by atoms with E-state index >= 15 is 0 Å². The molecule has 1 aromatic rings. The predicted octanol–water partition coefficient (Wildman–Crippen LogP) is 1.38. The number of nitrogens with two attached hydrogens (primary N) is 1. The molecule has 1 atom stereocenters. The SMILES string of the molecule is COCCC(N)C(=O)Nc1c(C)nn(C(C)C)c1C. The molecule has 0 aliphatic rings. The average molecular weight is 268 g/mol. The van der Waals surface area contributed by atoms with Crippen molar-refractivity contribution in [1.29, 1.82) is 0 Å². The maximum absolute atomic E-state index is 12.0. The molecule has 19 heavy (non-hydrogen) atoms. The minimum atomic E-state index is -0.568. The highest BCUT2D eigenvalue weighted by Crippen LogP contribution is 2.22. The molecule has 0 fully saturated rings. The summed E-state index contributed by atoms with van der Waals surface area (Å²) in [6.07, 6.45) is 0.499. The number of methoxy groups -OCH3 is 1. The number of carbonyl (C=O) groups excluding carboxylic acids is 1. The summed E-state index contributed by atoms with van der Waals surface area (Å²) in [5.74, 6) is -0.202. The number of rotatable bonds is 6. The van der Waals surface area contributed by atoms with Crippen LogP contribution in [-0.4, -0.2) is 35.4 Å². The Balaban J connectivity index is 2.79. The first kappa shape index (κ1) is 15.7. The molecule has 0 aliphatic heterocycles. The lowest BCUT2D eigenvalue weighted by Gasteiger charge is -2.13. The second-order valence-electron chi connectivity index (χ2n) is 4.96. The Kier molecular flexibility index (Phi) is 5.50. The van der Waals surface area contributed by atoms with Crippen molar-refractivity contribution in [3.05, 3.63) is 11.4 Å². The van der Waals surface area contributed by atoms with Crippen molar-refractivity contribution < 1.29 is 9.53 Å². The molecular formula is C13H24N4O2. The number of amides is 1. The van der Waals surface area contributed by atoms with Crippen molar-refractivity contribution in [2.24, 2.45) is 5.73 Å². The van der Waals surface area contributed by atoms with Gasteiger partial charge in [0.2, 0.25) is 5.91 Å². The van der Waals surface area contributed by atoms with Gasteiger partial charge in [0.15, 0.2) is 0 Å². The normalized spacial score (nSPS) is 12.8. The molecule has 0 aromatic carbocycles. The number of nitrogens with zero attached hydrogens (tertiary/aromatic N) is 2. The summed E-state index contributed by atoms with van der Waals surface area (Å²) in [5, 5.41) is 7.28. The maximum atomic E-state index is 12.0. The van der Waals surface area contributed by atoms with Crippen molar-refractivity contribution in [3.8, 4) is 0 Å². The van der Waals surface area contributed by atoms with Gasteiger partial charge in [-0.3, -0.25) is 9.48 Å². The molecule has 6 heteroatoms. The van der Waals surface area contributed by atoms with Crippen LogP contribution < -0.4 is 11.1 Å². The fourth-order valence-electron chi connectivity index (χ4n) is 1.94. The van der Waals surface area contributed by atoms with Gasteiger partial charge in [0.05, 0.1) is 23.1 Å². The van der Waals surface area contributed by atoms with E-state index in [1.807, 2.05) is 18.5 Å². The Labute approximate surface area is 114 Å². The minimum absolute atomic E-state index is 0.202. The first-order chi connectivity index (χ1) is 8.88. The molecule has 0 spiro atoms. The van der Waals surface area contributed by atoms with Gasteiger partial charge in [-0.25, -0.2) is 0 Å². The van der Waals surface area contributed by atoms with Crippen LogP contribution in [0.2, 0.25) is 0 Å². The molecule has 1 heterocycles. The van der Waals surface area contributed by atoms with Crippen molar-refractivity contribution in [1.82, 2.24) is 9.78 Å². The summed E-state index contributed by atoms with van der Waals surface area (Å²) < 4.78 is 6.81. The largest absolute Gasteiger partial charge is 0.385 e. The molecule has 108 valence electrons. The maximum Gasteiger partial charge on any atom is 0.241 e. The molecule has 0 aliphatic carbocycles. The first-order valence-electron chi connectivity index (χ1n) is 6.49. The topological polar surface area (TPSA) is 82.2 Å². The lowest BCUT2D eigenvalue weighted by atomic mass is 10.2. The molecule has 1 unspecified atom stereocenters. The highest BCUT2D eigenvalue weighted by atomic mass is 16.5. The summed E-state index contributed by atoms with van der Waals surface area (Å²) in [6, 6.07) is -0.312. The highest BCUT2D eigenvalue weighted by molar-refractivity contribution is 5.95. The summed E-state index contributed by atoms with van der Waals surface area (Å²) >= 11 is 0. The average Bonchev–Trinajstić information content (AvgIpc) is 2.63. The number of aryl methyl sites for hydroxylation is 1. The number of carbonyl (C=O) groups is 1. The van der Waals surface area contributed by atoms with Crippen LogP contribution in [0.4, 0.5) is 5.69 Å². The monoisotopic (exact) mass is 268 g/mol. The summed E-state index contributed by atoms with van der Waals surface area (Å²) in [6.45, 7) is 8.39. The molecule has 0 radical (unpaired) electrons. The van der Waals surface area contributed by atoms with E-state index in [2.05, 4.69) is 24.3 Å². The molecule has 1 aromatic heterocycles. The van der Waals surface area contributed by atoms with Crippen molar-refractivity contribution in [3.63, 3.8) is 0 Å². The number of ether oxygens (including phenoxy) is 1. The van der Waals surface area contributed by atoms with Gasteiger partial charge in [-0.2, -0.15) is 5.10 Å². The number of nitrogens with one attached hydrogen (secondary N) is 1. The number of hydrogen-bond acceptors (Lipinski definition) is 4. The zero-order chi connectivity index (χ0) is 14.6.